The Morgan fingerprint density at radius 2 is 1.25 bits per heavy atom. The summed E-state index contributed by atoms with van der Waals surface area (Å²) >= 11 is 0. The molecule has 2 rings (SSSR count). The van der Waals surface area contributed by atoms with Crippen LogP contribution in [0.5, 0.6) is 5.75 Å². The van der Waals surface area contributed by atoms with E-state index in [0.717, 1.165) is 17.7 Å². The van der Waals surface area contributed by atoms with Gasteiger partial charge in [-0.3, -0.25) is 19.2 Å². The fourth-order valence-corrected chi connectivity index (χ4v) is 5.42. The molecule has 0 unspecified atom stereocenters. The number of hydrogen-bond acceptors (Lipinski definition) is 7. The van der Waals surface area contributed by atoms with Gasteiger partial charge in [-0.25, -0.2) is 4.79 Å². The maximum atomic E-state index is 13.8. The van der Waals surface area contributed by atoms with E-state index in [9.17, 15) is 42.3 Å². The van der Waals surface area contributed by atoms with Crippen LogP contribution in [0.1, 0.15) is 71.9 Å². The van der Waals surface area contributed by atoms with E-state index in [1.807, 2.05) is 44.2 Å². The summed E-state index contributed by atoms with van der Waals surface area (Å²) in [6.07, 6.45) is -4.10. The van der Waals surface area contributed by atoms with Crippen molar-refractivity contribution in [2.75, 3.05) is 0 Å². The number of carbonyl (C=O) groups is 5. The summed E-state index contributed by atoms with van der Waals surface area (Å²) in [5.41, 5.74) is 7.79. The topological polar surface area (TPSA) is 189 Å². The van der Waals surface area contributed by atoms with Gasteiger partial charge in [0, 0.05) is 18.5 Å². The molecule has 2 aromatic carbocycles. The van der Waals surface area contributed by atoms with Crippen molar-refractivity contribution in [3.63, 3.8) is 0 Å². The van der Waals surface area contributed by atoms with Crippen molar-refractivity contribution < 1.29 is 47.0 Å². The van der Waals surface area contributed by atoms with Crippen LogP contribution in [0.2, 0.25) is 0 Å². The number of aliphatic carboxylic acids is 1. The molecule has 0 aromatic heterocycles. The number of alkyl halides is 3. The standard InChI is InChI=1S/C37H52F3N5O7/c1-7-22(5)32(43-29(46)19-25-14-16-26(17-15-25)52-37(38,39)40)34(48)42-28(18-24-12-10-9-11-13-24)27(41)20-30(47)44-33(23(6)8-2)35(49)45-31(21(3)4)36(50)51/h9-17,21-23,27-28,31-33H,7-8,18-20,41H2,1-6H3,(H,42,48)(H,43,46)(H,44,47)(H,45,49)(H,50,51)/t22-,23-,27-,28-,31-,32-,33-/m0/s1. The molecule has 7 atom stereocenters. The highest BCUT2D eigenvalue weighted by atomic mass is 19.4. The first-order valence-corrected chi connectivity index (χ1v) is 17.4. The lowest BCUT2D eigenvalue weighted by atomic mass is 9.93. The summed E-state index contributed by atoms with van der Waals surface area (Å²) < 4.78 is 41.5. The molecule has 0 aliphatic rings. The Balaban J connectivity index is 2.23. The normalized spacial score (nSPS) is 15.6. The van der Waals surface area contributed by atoms with Gasteiger partial charge in [0.15, 0.2) is 0 Å². The minimum atomic E-state index is -4.85. The van der Waals surface area contributed by atoms with E-state index in [0.29, 0.717) is 18.4 Å². The minimum absolute atomic E-state index is 0.213. The smallest absolute Gasteiger partial charge is 0.480 e. The van der Waals surface area contributed by atoms with Crippen molar-refractivity contribution in [1.29, 1.82) is 0 Å². The molecule has 0 spiro atoms. The Hall–Kier alpha value is -4.66. The molecule has 0 saturated carbocycles. The van der Waals surface area contributed by atoms with E-state index in [-0.39, 0.29) is 31.1 Å². The summed E-state index contributed by atoms with van der Waals surface area (Å²) in [6, 6.07) is 9.02. The van der Waals surface area contributed by atoms with Crippen LogP contribution in [0.4, 0.5) is 13.2 Å². The molecule has 0 aliphatic carbocycles. The van der Waals surface area contributed by atoms with Crippen molar-refractivity contribution in [1.82, 2.24) is 21.3 Å². The average molecular weight is 736 g/mol. The van der Waals surface area contributed by atoms with Gasteiger partial charge in [-0.2, -0.15) is 0 Å². The molecule has 0 aliphatic heterocycles. The molecule has 2 aromatic rings. The van der Waals surface area contributed by atoms with Gasteiger partial charge in [-0.05, 0) is 47.4 Å². The van der Waals surface area contributed by atoms with E-state index in [1.54, 1.807) is 27.7 Å². The number of carboxylic acid groups (broad SMARTS) is 1. The molecule has 0 saturated heterocycles. The number of benzene rings is 2. The summed E-state index contributed by atoms with van der Waals surface area (Å²) in [5.74, 6) is -4.99. The molecule has 0 radical (unpaired) electrons. The number of rotatable bonds is 20. The largest absolute Gasteiger partial charge is 0.573 e. The molecule has 0 heterocycles. The fraction of sp³-hybridized carbons (Fsp3) is 0.541. The monoisotopic (exact) mass is 735 g/mol. The number of carboxylic acids is 1. The summed E-state index contributed by atoms with van der Waals surface area (Å²) in [5, 5.41) is 20.4. The summed E-state index contributed by atoms with van der Waals surface area (Å²) in [4.78, 5) is 65.1. The van der Waals surface area contributed by atoms with Crippen LogP contribution in [0.15, 0.2) is 54.6 Å². The minimum Gasteiger partial charge on any atom is -0.480 e. The van der Waals surface area contributed by atoms with E-state index in [4.69, 9.17) is 5.73 Å². The first-order valence-electron chi connectivity index (χ1n) is 17.4. The van der Waals surface area contributed by atoms with Gasteiger partial charge < -0.3 is 36.8 Å². The van der Waals surface area contributed by atoms with Gasteiger partial charge in [0.05, 0.1) is 6.42 Å². The summed E-state index contributed by atoms with van der Waals surface area (Å²) in [6.45, 7) is 10.5. The maximum absolute atomic E-state index is 13.8. The maximum Gasteiger partial charge on any atom is 0.573 e. The molecule has 12 nitrogen and oxygen atoms in total. The number of nitrogens with one attached hydrogen (secondary N) is 4. The van der Waals surface area contributed by atoms with Crippen LogP contribution < -0.4 is 31.7 Å². The van der Waals surface area contributed by atoms with Crippen LogP contribution in [-0.2, 0) is 36.8 Å². The molecule has 15 heteroatoms. The predicted molar refractivity (Wildman–Crippen MR) is 189 cm³/mol. The first kappa shape index (κ1) is 43.5. The lowest BCUT2D eigenvalue weighted by molar-refractivity contribution is -0.274. The second kappa shape index (κ2) is 20.4. The number of nitrogens with two attached hydrogens (primary N) is 1. The number of halogens is 3. The van der Waals surface area contributed by atoms with Gasteiger partial charge in [-0.1, -0.05) is 96.8 Å². The molecule has 52 heavy (non-hydrogen) atoms. The first-order chi connectivity index (χ1) is 24.3. The third-order valence-electron chi connectivity index (χ3n) is 8.94. The van der Waals surface area contributed by atoms with Gasteiger partial charge >= 0.3 is 12.3 Å². The molecule has 288 valence electrons. The second-order valence-electron chi connectivity index (χ2n) is 13.5. The van der Waals surface area contributed by atoms with Crippen LogP contribution in [-0.4, -0.2) is 71.3 Å². The number of carbonyl (C=O) groups excluding carboxylic acids is 4. The van der Waals surface area contributed by atoms with E-state index >= 15 is 0 Å². The lowest BCUT2D eigenvalue weighted by Crippen LogP contribution is -2.58. The van der Waals surface area contributed by atoms with Gasteiger partial charge in [0.1, 0.15) is 23.9 Å². The van der Waals surface area contributed by atoms with Gasteiger partial charge in [0.2, 0.25) is 23.6 Å². The zero-order chi connectivity index (χ0) is 39.2. The summed E-state index contributed by atoms with van der Waals surface area (Å²) in [7, 11) is 0. The third-order valence-corrected chi connectivity index (χ3v) is 8.94. The molecular formula is C37H52F3N5O7. The number of ether oxygens (including phenoxy) is 1. The quantitative estimate of drug-likeness (QED) is 0.118. The van der Waals surface area contributed by atoms with E-state index in [2.05, 4.69) is 26.0 Å². The molecule has 7 N–H and O–H groups in total. The Labute approximate surface area is 302 Å². The van der Waals surface area contributed by atoms with E-state index in [1.165, 1.54) is 12.1 Å². The van der Waals surface area contributed by atoms with Crippen LogP contribution >= 0.6 is 0 Å². The highest BCUT2D eigenvalue weighted by molar-refractivity contribution is 5.91. The van der Waals surface area contributed by atoms with Crippen molar-refractivity contribution in [3.05, 3.63) is 65.7 Å². The third kappa shape index (κ3) is 14.5. The van der Waals surface area contributed by atoms with Crippen molar-refractivity contribution in [3.8, 4) is 5.75 Å². The highest BCUT2D eigenvalue weighted by Crippen LogP contribution is 2.23. The van der Waals surface area contributed by atoms with Crippen LogP contribution in [0.25, 0.3) is 0 Å². The SMILES string of the molecule is CC[C@H](C)[C@H](NC(=O)C[C@H](N)[C@H](Cc1ccccc1)NC(=O)[C@@H](NC(=O)Cc1ccc(OC(F)(F)F)cc1)[C@@H](C)CC)C(=O)N[C@H](C(=O)O)C(C)C. The molecule has 0 fully saturated rings. The fourth-order valence-electron chi connectivity index (χ4n) is 5.42. The highest BCUT2D eigenvalue weighted by Gasteiger charge is 2.34. The van der Waals surface area contributed by atoms with Crippen molar-refractivity contribution >= 4 is 29.6 Å². The lowest BCUT2D eigenvalue weighted by Gasteiger charge is -2.30. The van der Waals surface area contributed by atoms with Crippen LogP contribution in [0.3, 0.4) is 0 Å². The van der Waals surface area contributed by atoms with Crippen molar-refractivity contribution in [2.24, 2.45) is 23.5 Å². The van der Waals surface area contributed by atoms with Gasteiger partial charge in [0.25, 0.3) is 0 Å². The molecule has 4 amide bonds. The Bertz CT molecular complexity index is 1470. The predicted octanol–water partition coefficient (Wildman–Crippen LogP) is 3.86. The van der Waals surface area contributed by atoms with Gasteiger partial charge in [-0.15, -0.1) is 13.2 Å². The molecular weight excluding hydrogens is 683 g/mol. The Kier molecular flexibility index (Phi) is 17.1. The zero-order valence-electron chi connectivity index (χ0n) is 30.5. The zero-order valence-corrected chi connectivity index (χ0v) is 30.5. The Morgan fingerprint density at radius 1 is 0.731 bits per heavy atom. The molecule has 0 bridgehead atoms. The number of amides is 4. The average Bonchev–Trinajstić information content (AvgIpc) is 3.07. The van der Waals surface area contributed by atoms with E-state index < -0.39 is 77.8 Å². The van der Waals surface area contributed by atoms with Crippen molar-refractivity contribution in [2.45, 2.75) is 110 Å². The Morgan fingerprint density at radius 3 is 1.73 bits per heavy atom. The number of hydrogen-bond donors (Lipinski definition) is 6. The second-order valence-corrected chi connectivity index (χ2v) is 13.5. The van der Waals surface area contributed by atoms with Crippen LogP contribution in [0, 0.1) is 17.8 Å².